The number of rotatable bonds is 2. The minimum atomic E-state index is -0.152. The average Bonchev–Trinajstić information content (AvgIpc) is 2.28. The van der Waals surface area contributed by atoms with Crippen molar-refractivity contribution in [3.63, 3.8) is 0 Å². The standard InChI is InChI=1S/C13H14BrN3/c1-8-6-12(17-13(16-8)9(2)15)10-4-3-5-11(14)7-10/h3-7,9H,15H2,1-2H3. The van der Waals surface area contributed by atoms with Gasteiger partial charge in [-0.15, -0.1) is 0 Å². The molecule has 2 N–H and O–H groups in total. The van der Waals surface area contributed by atoms with Gasteiger partial charge in [0.25, 0.3) is 0 Å². The van der Waals surface area contributed by atoms with E-state index in [4.69, 9.17) is 5.73 Å². The Morgan fingerprint density at radius 3 is 2.65 bits per heavy atom. The van der Waals surface area contributed by atoms with E-state index >= 15 is 0 Å². The second kappa shape index (κ2) is 4.94. The molecule has 1 heterocycles. The highest BCUT2D eigenvalue weighted by atomic mass is 79.9. The lowest BCUT2D eigenvalue weighted by atomic mass is 10.1. The predicted molar refractivity (Wildman–Crippen MR) is 72.5 cm³/mol. The van der Waals surface area contributed by atoms with Crippen molar-refractivity contribution in [2.45, 2.75) is 19.9 Å². The van der Waals surface area contributed by atoms with Gasteiger partial charge in [-0.05, 0) is 32.0 Å². The van der Waals surface area contributed by atoms with Crippen LogP contribution in [0.5, 0.6) is 0 Å². The molecule has 0 amide bonds. The van der Waals surface area contributed by atoms with E-state index in [1.807, 2.05) is 44.2 Å². The molecule has 1 unspecified atom stereocenters. The summed E-state index contributed by atoms with van der Waals surface area (Å²) < 4.78 is 1.04. The van der Waals surface area contributed by atoms with Crippen molar-refractivity contribution < 1.29 is 0 Å². The molecule has 0 aliphatic heterocycles. The molecule has 2 aromatic rings. The molecule has 0 radical (unpaired) electrons. The molecule has 0 aliphatic rings. The van der Waals surface area contributed by atoms with Crippen LogP contribution in [-0.4, -0.2) is 9.97 Å². The number of aromatic nitrogens is 2. The third-order valence-electron chi connectivity index (χ3n) is 2.40. The monoisotopic (exact) mass is 291 g/mol. The first-order chi connectivity index (χ1) is 8.06. The first-order valence-corrected chi connectivity index (χ1v) is 6.22. The van der Waals surface area contributed by atoms with E-state index < -0.39 is 0 Å². The van der Waals surface area contributed by atoms with Crippen molar-refractivity contribution in [1.29, 1.82) is 0 Å². The van der Waals surface area contributed by atoms with Gasteiger partial charge in [-0.2, -0.15) is 0 Å². The molecule has 3 nitrogen and oxygen atoms in total. The van der Waals surface area contributed by atoms with Gasteiger partial charge in [-0.25, -0.2) is 9.97 Å². The van der Waals surface area contributed by atoms with Gasteiger partial charge < -0.3 is 5.73 Å². The molecule has 4 heteroatoms. The van der Waals surface area contributed by atoms with E-state index in [0.717, 1.165) is 21.4 Å². The third kappa shape index (κ3) is 2.90. The van der Waals surface area contributed by atoms with E-state index in [9.17, 15) is 0 Å². The van der Waals surface area contributed by atoms with Gasteiger partial charge >= 0.3 is 0 Å². The quantitative estimate of drug-likeness (QED) is 0.924. The molecule has 0 aliphatic carbocycles. The van der Waals surface area contributed by atoms with Crippen LogP contribution in [0.2, 0.25) is 0 Å². The molecule has 88 valence electrons. The summed E-state index contributed by atoms with van der Waals surface area (Å²) in [6, 6.07) is 9.85. The molecule has 1 aromatic carbocycles. The molecule has 1 atom stereocenters. The lowest BCUT2D eigenvalue weighted by Gasteiger charge is -2.08. The first kappa shape index (κ1) is 12.2. The maximum absolute atomic E-state index is 5.83. The van der Waals surface area contributed by atoms with Gasteiger partial charge in [0.1, 0.15) is 5.82 Å². The van der Waals surface area contributed by atoms with Crippen LogP contribution in [-0.2, 0) is 0 Å². The number of hydrogen-bond acceptors (Lipinski definition) is 3. The number of nitrogens with two attached hydrogens (primary N) is 1. The number of aryl methyl sites for hydroxylation is 1. The van der Waals surface area contributed by atoms with Crippen LogP contribution < -0.4 is 5.73 Å². The first-order valence-electron chi connectivity index (χ1n) is 5.43. The summed E-state index contributed by atoms with van der Waals surface area (Å²) in [4.78, 5) is 8.82. The molecular weight excluding hydrogens is 278 g/mol. The Bertz CT molecular complexity index is 538. The third-order valence-corrected chi connectivity index (χ3v) is 2.89. The fourth-order valence-corrected chi connectivity index (χ4v) is 1.99. The summed E-state index contributed by atoms with van der Waals surface area (Å²) in [6.07, 6.45) is 0. The highest BCUT2D eigenvalue weighted by Crippen LogP contribution is 2.22. The highest BCUT2D eigenvalue weighted by molar-refractivity contribution is 9.10. The normalized spacial score (nSPS) is 12.5. The van der Waals surface area contributed by atoms with Crippen molar-refractivity contribution in [1.82, 2.24) is 9.97 Å². The molecule has 1 aromatic heterocycles. The molecule has 0 bridgehead atoms. The maximum Gasteiger partial charge on any atom is 0.145 e. The van der Waals surface area contributed by atoms with Crippen molar-refractivity contribution in [3.05, 3.63) is 46.3 Å². The minimum Gasteiger partial charge on any atom is -0.322 e. The number of halogens is 1. The van der Waals surface area contributed by atoms with E-state index in [0.29, 0.717) is 5.82 Å². The van der Waals surface area contributed by atoms with Crippen LogP contribution in [0.25, 0.3) is 11.3 Å². The van der Waals surface area contributed by atoms with Crippen LogP contribution in [0.3, 0.4) is 0 Å². The summed E-state index contributed by atoms with van der Waals surface area (Å²) in [6.45, 7) is 3.84. The van der Waals surface area contributed by atoms with E-state index in [1.165, 1.54) is 0 Å². The Morgan fingerprint density at radius 2 is 2.00 bits per heavy atom. The lowest BCUT2D eigenvalue weighted by Crippen LogP contribution is -2.11. The van der Waals surface area contributed by atoms with Gasteiger partial charge in [0, 0.05) is 15.7 Å². The SMILES string of the molecule is Cc1cc(-c2cccc(Br)c2)nc(C(C)N)n1. The predicted octanol–water partition coefficient (Wildman–Crippen LogP) is 3.23. The Labute approximate surface area is 109 Å². The van der Waals surface area contributed by atoms with Crippen LogP contribution in [0, 0.1) is 6.92 Å². The second-order valence-corrected chi connectivity index (χ2v) is 4.97. The van der Waals surface area contributed by atoms with Gasteiger partial charge in [0.2, 0.25) is 0 Å². The van der Waals surface area contributed by atoms with Crippen LogP contribution in [0.15, 0.2) is 34.8 Å². The maximum atomic E-state index is 5.83. The van der Waals surface area contributed by atoms with Gasteiger partial charge in [0.15, 0.2) is 0 Å². The molecular formula is C13H14BrN3. The van der Waals surface area contributed by atoms with Gasteiger partial charge in [0.05, 0.1) is 11.7 Å². The number of hydrogen-bond donors (Lipinski definition) is 1. The summed E-state index contributed by atoms with van der Waals surface area (Å²) in [5.74, 6) is 0.681. The van der Waals surface area contributed by atoms with Gasteiger partial charge in [-0.3, -0.25) is 0 Å². The van der Waals surface area contributed by atoms with E-state index in [-0.39, 0.29) is 6.04 Å². The summed E-state index contributed by atoms with van der Waals surface area (Å²) >= 11 is 3.46. The molecule has 0 fully saturated rings. The van der Waals surface area contributed by atoms with Crippen LogP contribution in [0.4, 0.5) is 0 Å². The summed E-state index contributed by atoms with van der Waals surface area (Å²) in [5, 5.41) is 0. The molecule has 2 rings (SSSR count). The number of nitrogens with zero attached hydrogens (tertiary/aromatic N) is 2. The fourth-order valence-electron chi connectivity index (χ4n) is 1.59. The zero-order valence-corrected chi connectivity index (χ0v) is 11.4. The Morgan fingerprint density at radius 1 is 1.24 bits per heavy atom. The van der Waals surface area contributed by atoms with Crippen molar-refractivity contribution in [2.24, 2.45) is 5.73 Å². The molecule has 0 spiro atoms. The lowest BCUT2D eigenvalue weighted by molar-refractivity contribution is 0.735. The zero-order valence-electron chi connectivity index (χ0n) is 9.81. The average molecular weight is 292 g/mol. The minimum absolute atomic E-state index is 0.152. The Kier molecular flexibility index (Phi) is 3.54. The molecule has 0 saturated carbocycles. The Hall–Kier alpha value is -1.26. The van der Waals surface area contributed by atoms with E-state index in [2.05, 4.69) is 25.9 Å². The van der Waals surface area contributed by atoms with Crippen LogP contribution in [0.1, 0.15) is 24.5 Å². The second-order valence-electron chi connectivity index (χ2n) is 4.05. The van der Waals surface area contributed by atoms with Crippen molar-refractivity contribution >= 4 is 15.9 Å². The highest BCUT2D eigenvalue weighted by Gasteiger charge is 2.08. The number of benzene rings is 1. The summed E-state index contributed by atoms with van der Waals surface area (Å²) in [5.41, 5.74) is 8.73. The van der Waals surface area contributed by atoms with Crippen molar-refractivity contribution in [2.75, 3.05) is 0 Å². The zero-order chi connectivity index (χ0) is 12.4. The smallest absolute Gasteiger partial charge is 0.145 e. The van der Waals surface area contributed by atoms with E-state index in [1.54, 1.807) is 0 Å². The summed E-state index contributed by atoms with van der Waals surface area (Å²) in [7, 11) is 0. The topological polar surface area (TPSA) is 51.8 Å². The fraction of sp³-hybridized carbons (Fsp3) is 0.231. The molecule has 17 heavy (non-hydrogen) atoms. The largest absolute Gasteiger partial charge is 0.322 e. The molecule has 0 saturated heterocycles. The Balaban J connectivity index is 2.52. The van der Waals surface area contributed by atoms with Crippen LogP contribution >= 0.6 is 15.9 Å². The van der Waals surface area contributed by atoms with Gasteiger partial charge in [-0.1, -0.05) is 28.1 Å². The van der Waals surface area contributed by atoms with Crippen molar-refractivity contribution in [3.8, 4) is 11.3 Å².